The highest BCUT2D eigenvalue weighted by Crippen LogP contribution is 2.27. The molecular formula is C12H15BrN4S. The van der Waals surface area contributed by atoms with Crippen molar-refractivity contribution in [1.82, 2.24) is 9.97 Å². The standard InChI is InChI=1S/C12H15BrN4S/c1-3-14-11-10(13)12(17-7-16-11)15-4-9-6-18-5-8(9)2/h5-7H,3-4H2,1-2H3,(H2,14,15,16,17). The summed E-state index contributed by atoms with van der Waals surface area (Å²) >= 11 is 5.24. The van der Waals surface area contributed by atoms with E-state index in [0.717, 1.165) is 29.2 Å². The molecular weight excluding hydrogens is 312 g/mol. The highest BCUT2D eigenvalue weighted by atomic mass is 79.9. The van der Waals surface area contributed by atoms with Crippen molar-refractivity contribution in [3.63, 3.8) is 0 Å². The van der Waals surface area contributed by atoms with Crippen LogP contribution in [0.15, 0.2) is 21.6 Å². The number of rotatable bonds is 5. The molecule has 0 spiro atoms. The SMILES string of the molecule is CCNc1ncnc(NCc2cscc2C)c1Br. The van der Waals surface area contributed by atoms with Crippen molar-refractivity contribution in [2.45, 2.75) is 20.4 Å². The molecule has 96 valence electrons. The molecule has 2 rings (SSSR count). The van der Waals surface area contributed by atoms with Crippen LogP contribution in [0.25, 0.3) is 0 Å². The predicted octanol–water partition coefficient (Wildman–Crippen LogP) is 3.65. The lowest BCUT2D eigenvalue weighted by molar-refractivity contribution is 1.05. The molecule has 2 aromatic heterocycles. The molecule has 0 saturated heterocycles. The lowest BCUT2D eigenvalue weighted by Crippen LogP contribution is -2.06. The maximum atomic E-state index is 4.24. The number of aryl methyl sites for hydroxylation is 1. The van der Waals surface area contributed by atoms with Crippen LogP contribution in [-0.2, 0) is 6.54 Å². The number of thiophene rings is 1. The van der Waals surface area contributed by atoms with Gasteiger partial charge in [0, 0.05) is 13.1 Å². The molecule has 6 heteroatoms. The fourth-order valence-corrected chi connectivity index (χ4v) is 2.87. The Labute approximate surface area is 119 Å². The van der Waals surface area contributed by atoms with Gasteiger partial charge in [-0.25, -0.2) is 9.97 Å². The van der Waals surface area contributed by atoms with Crippen molar-refractivity contribution in [2.75, 3.05) is 17.2 Å². The average Bonchev–Trinajstić information content (AvgIpc) is 2.76. The second-order valence-electron chi connectivity index (χ2n) is 3.85. The van der Waals surface area contributed by atoms with E-state index in [1.54, 1.807) is 17.7 Å². The number of aromatic nitrogens is 2. The predicted molar refractivity (Wildman–Crippen MR) is 80.3 cm³/mol. The van der Waals surface area contributed by atoms with Crippen LogP contribution < -0.4 is 10.6 Å². The molecule has 2 heterocycles. The minimum absolute atomic E-state index is 0.774. The lowest BCUT2D eigenvalue weighted by Gasteiger charge is -2.10. The third kappa shape index (κ3) is 3.00. The minimum Gasteiger partial charge on any atom is -0.369 e. The number of anilines is 2. The molecule has 18 heavy (non-hydrogen) atoms. The molecule has 0 saturated carbocycles. The Morgan fingerprint density at radius 2 is 1.94 bits per heavy atom. The molecule has 0 aliphatic heterocycles. The zero-order valence-electron chi connectivity index (χ0n) is 10.3. The van der Waals surface area contributed by atoms with Crippen LogP contribution in [0.1, 0.15) is 18.1 Å². The van der Waals surface area contributed by atoms with E-state index >= 15 is 0 Å². The molecule has 0 amide bonds. The molecule has 0 fully saturated rings. The van der Waals surface area contributed by atoms with Gasteiger partial charge in [-0.15, -0.1) is 0 Å². The van der Waals surface area contributed by atoms with E-state index < -0.39 is 0 Å². The zero-order chi connectivity index (χ0) is 13.0. The van der Waals surface area contributed by atoms with Crippen molar-refractivity contribution in [1.29, 1.82) is 0 Å². The summed E-state index contributed by atoms with van der Waals surface area (Å²) in [6.45, 7) is 5.76. The van der Waals surface area contributed by atoms with Crippen LogP contribution in [0.4, 0.5) is 11.6 Å². The number of nitrogens with zero attached hydrogens (tertiary/aromatic N) is 2. The summed E-state index contributed by atoms with van der Waals surface area (Å²) < 4.78 is 0.875. The van der Waals surface area contributed by atoms with Crippen LogP contribution in [0.2, 0.25) is 0 Å². The minimum atomic E-state index is 0.774. The van der Waals surface area contributed by atoms with Crippen LogP contribution in [0.3, 0.4) is 0 Å². The average molecular weight is 327 g/mol. The lowest BCUT2D eigenvalue weighted by atomic mass is 10.2. The molecule has 0 radical (unpaired) electrons. The van der Waals surface area contributed by atoms with Crippen LogP contribution >= 0.6 is 27.3 Å². The third-order valence-electron chi connectivity index (χ3n) is 2.54. The fourth-order valence-electron chi connectivity index (χ4n) is 1.53. The summed E-state index contributed by atoms with van der Waals surface area (Å²) in [6, 6.07) is 0. The van der Waals surface area contributed by atoms with Gasteiger partial charge in [-0.05, 0) is 51.7 Å². The van der Waals surface area contributed by atoms with Gasteiger partial charge >= 0.3 is 0 Å². The van der Waals surface area contributed by atoms with Crippen molar-refractivity contribution in [3.05, 3.63) is 32.7 Å². The summed E-state index contributed by atoms with van der Waals surface area (Å²) in [4.78, 5) is 8.43. The highest BCUT2D eigenvalue weighted by molar-refractivity contribution is 9.10. The van der Waals surface area contributed by atoms with Gasteiger partial charge in [-0.2, -0.15) is 11.3 Å². The molecule has 0 atom stereocenters. The first-order valence-corrected chi connectivity index (χ1v) is 7.45. The van der Waals surface area contributed by atoms with E-state index in [-0.39, 0.29) is 0 Å². The van der Waals surface area contributed by atoms with E-state index in [1.807, 2.05) is 6.92 Å². The van der Waals surface area contributed by atoms with E-state index in [0.29, 0.717) is 0 Å². The Morgan fingerprint density at radius 1 is 1.22 bits per heavy atom. The molecule has 0 unspecified atom stereocenters. The van der Waals surface area contributed by atoms with Crippen molar-refractivity contribution in [3.8, 4) is 0 Å². The Morgan fingerprint density at radius 3 is 2.56 bits per heavy atom. The summed E-state index contributed by atoms with van der Waals surface area (Å²) in [5.74, 6) is 1.63. The van der Waals surface area contributed by atoms with Gasteiger partial charge in [0.2, 0.25) is 0 Å². The highest BCUT2D eigenvalue weighted by Gasteiger charge is 2.08. The van der Waals surface area contributed by atoms with Crippen LogP contribution in [-0.4, -0.2) is 16.5 Å². The van der Waals surface area contributed by atoms with Crippen LogP contribution in [0.5, 0.6) is 0 Å². The Balaban J connectivity index is 2.10. The number of halogens is 1. The first-order chi connectivity index (χ1) is 8.72. The van der Waals surface area contributed by atoms with Gasteiger partial charge in [0.15, 0.2) is 0 Å². The van der Waals surface area contributed by atoms with Gasteiger partial charge in [0.25, 0.3) is 0 Å². The normalized spacial score (nSPS) is 10.4. The van der Waals surface area contributed by atoms with E-state index in [1.165, 1.54) is 11.1 Å². The Bertz CT molecular complexity index is 527. The number of nitrogens with one attached hydrogen (secondary N) is 2. The second-order valence-corrected chi connectivity index (χ2v) is 5.39. The van der Waals surface area contributed by atoms with E-state index in [2.05, 4.69) is 54.2 Å². The van der Waals surface area contributed by atoms with Gasteiger partial charge in [-0.1, -0.05) is 0 Å². The second kappa shape index (κ2) is 6.15. The van der Waals surface area contributed by atoms with Gasteiger partial charge in [0.05, 0.1) is 0 Å². The van der Waals surface area contributed by atoms with Gasteiger partial charge in [0.1, 0.15) is 22.4 Å². The fraction of sp³-hybridized carbons (Fsp3) is 0.333. The first-order valence-electron chi connectivity index (χ1n) is 5.72. The number of hydrogen-bond donors (Lipinski definition) is 2. The van der Waals surface area contributed by atoms with Gasteiger partial charge < -0.3 is 10.6 Å². The molecule has 0 aliphatic rings. The zero-order valence-corrected chi connectivity index (χ0v) is 12.7. The smallest absolute Gasteiger partial charge is 0.146 e. The van der Waals surface area contributed by atoms with Crippen molar-refractivity contribution < 1.29 is 0 Å². The summed E-state index contributed by atoms with van der Waals surface area (Å²) in [7, 11) is 0. The Kier molecular flexibility index (Phi) is 4.54. The van der Waals surface area contributed by atoms with Crippen molar-refractivity contribution in [2.24, 2.45) is 0 Å². The molecule has 4 nitrogen and oxygen atoms in total. The molecule has 0 aromatic carbocycles. The third-order valence-corrected chi connectivity index (χ3v) is 4.20. The van der Waals surface area contributed by atoms with Crippen molar-refractivity contribution >= 4 is 38.9 Å². The van der Waals surface area contributed by atoms with E-state index in [4.69, 9.17) is 0 Å². The summed E-state index contributed by atoms with van der Waals surface area (Å²) in [5, 5.41) is 10.8. The molecule has 0 bridgehead atoms. The molecule has 0 aliphatic carbocycles. The van der Waals surface area contributed by atoms with Gasteiger partial charge in [-0.3, -0.25) is 0 Å². The number of hydrogen-bond acceptors (Lipinski definition) is 5. The quantitative estimate of drug-likeness (QED) is 0.880. The first kappa shape index (κ1) is 13.3. The monoisotopic (exact) mass is 326 g/mol. The maximum Gasteiger partial charge on any atom is 0.146 e. The molecule has 2 aromatic rings. The topological polar surface area (TPSA) is 49.8 Å². The van der Waals surface area contributed by atoms with Crippen LogP contribution in [0, 0.1) is 6.92 Å². The largest absolute Gasteiger partial charge is 0.369 e. The van der Waals surface area contributed by atoms with E-state index in [9.17, 15) is 0 Å². The molecule has 2 N–H and O–H groups in total. The Hall–Kier alpha value is -1.14. The summed E-state index contributed by atoms with van der Waals surface area (Å²) in [5.41, 5.74) is 2.61. The summed E-state index contributed by atoms with van der Waals surface area (Å²) in [6.07, 6.45) is 1.56. The maximum absolute atomic E-state index is 4.24.